The highest BCUT2D eigenvalue weighted by molar-refractivity contribution is 6.02. The highest BCUT2D eigenvalue weighted by Crippen LogP contribution is 2.16. The van der Waals surface area contributed by atoms with E-state index in [0.717, 1.165) is 12.8 Å². The molecule has 1 amide bonds. The van der Waals surface area contributed by atoms with Gasteiger partial charge < -0.3 is 10.1 Å². The molecule has 31 heavy (non-hydrogen) atoms. The summed E-state index contributed by atoms with van der Waals surface area (Å²) in [6, 6.07) is 15.6. The molecular formula is C24H27N3O4. The number of rotatable bonds is 8. The third-order valence-corrected chi connectivity index (χ3v) is 4.92. The average molecular weight is 421 g/mol. The zero-order valence-electron chi connectivity index (χ0n) is 18.0. The average Bonchev–Trinajstić information content (AvgIpc) is 2.77. The van der Waals surface area contributed by atoms with Crippen LogP contribution in [0.2, 0.25) is 0 Å². The molecule has 0 aliphatic rings. The van der Waals surface area contributed by atoms with Crippen molar-refractivity contribution in [2.24, 2.45) is 5.92 Å². The molecule has 7 heteroatoms. The summed E-state index contributed by atoms with van der Waals surface area (Å²) < 4.78 is 6.40. The summed E-state index contributed by atoms with van der Waals surface area (Å²) in [4.78, 5) is 37.8. The van der Waals surface area contributed by atoms with E-state index in [1.807, 2.05) is 13.0 Å². The van der Waals surface area contributed by atoms with Gasteiger partial charge in [-0.1, -0.05) is 50.2 Å². The van der Waals surface area contributed by atoms with Crippen molar-refractivity contribution in [3.63, 3.8) is 0 Å². The predicted molar refractivity (Wildman–Crippen MR) is 119 cm³/mol. The summed E-state index contributed by atoms with van der Waals surface area (Å²) in [5.41, 5.74) is 0.179. The third-order valence-electron chi connectivity index (χ3n) is 4.92. The first-order valence-corrected chi connectivity index (χ1v) is 10.4. The summed E-state index contributed by atoms with van der Waals surface area (Å²) in [6.07, 6.45) is 1.85. The summed E-state index contributed by atoms with van der Waals surface area (Å²) in [5, 5.41) is 7.82. The number of hydrogen-bond donors (Lipinski definition) is 1. The fourth-order valence-electron chi connectivity index (χ4n) is 3.26. The fraction of sp³-hybridized carbons (Fsp3) is 0.333. The molecule has 1 N–H and O–H groups in total. The van der Waals surface area contributed by atoms with Crippen LogP contribution in [0.25, 0.3) is 16.5 Å². The maximum atomic E-state index is 12.9. The second-order valence-electron chi connectivity index (χ2n) is 7.96. The van der Waals surface area contributed by atoms with E-state index in [2.05, 4.69) is 24.3 Å². The number of benzene rings is 2. The first-order valence-electron chi connectivity index (χ1n) is 10.4. The van der Waals surface area contributed by atoms with Crippen molar-refractivity contribution in [2.75, 3.05) is 6.61 Å². The van der Waals surface area contributed by atoms with Gasteiger partial charge >= 0.3 is 5.97 Å². The van der Waals surface area contributed by atoms with E-state index in [-0.39, 0.29) is 23.2 Å². The number of nitrogens with zero attached hydrogens (tertiary/aromatic N) is 2. The van der Waals surface area contributed by atoms with Gasteiger partial charge in [-0.3, -0.25) is 9.59 Å². The first kappa shape index (κ1) is 22.2. The Kier molecular flexibility index (Phi) is 7.18. The molecule has 0 bridgehead atoms. The van der Waals surface area contributed by atoms with Gasteiger partial charge in [0.15, 0.2) is 12.3 Å². The molecule has 0 fully saturated rings. The zero-order chi connectivity index (χ0) is 22.4. The second kappa shape index (κ2) is 10.0. The van der Waals surface area contributed by atoms with E-state index in [1.54, 1.807) is 48.5 Å². The number of carbonyl (C=O) groups is 2. The molecule has 1 heterocycles. The summed E-state index contributed by atoms with van der Waals surface area (Å²) in [7, 11) is 0. The molecule has 1 atom stereocenters. The number of carbonyl (C=O) groups excluding carboxylic acids is 2. The van der Waals surface area contributed by atoms with E-state index in [0.29, 0.717) is 22.4 Å². The van der Waals surface area contributed by atoms with Gasteiger partial charge in [0, 0.05) is 11.4 Å². The molecule has 0 radical (unpaired) electrons. The quantitative estimate of drug-likeness (QED) is 0.563. The van der Waals surface area contributed by atoms with E-state index in [1.165, 1.54) is 4.68 Å². The SMILES string of the molecule is CC(C)CC[C@H](C)NC(=O)COC(=O)c1nn(-c2ccccc2)c(=O)c2ccccc12. The Morgan fingerprint density at radius 1 is 0.968 bits per heavy atom. The number of esters is 1. The van der Waals surface area contributed by atoms with Crippen LogP contribution in [0.5, 0.6) is 0 Å². The summed E-state index contributed by atoms with van der Waals surface area (Å²) >= 11 is 0. The minimum absolute atomic E-state index is 0.00690. The van der Waals surface area contributed by atoms with E-state index in [4.69, 9.17) is 4.74 Å². The van der Waals surface area contributed by atoms with Crippen LogP contribution in [0.15, 0.2) is 59.4 Å². The van der Waals surface area contributed by atoms with Crippen LogP contribution in [-0.2, 0) is 9.53 Å². The van der Waals surface area contributed by atoms with Crippen molar-refractivity contribution in [1.29, 1.82) is 0 Å². The van der Waals surface area contributed by atoms with Crippen molar-refractivity contribution >= 4 is 22.6 Å². The summed E-state index contributed by atoms with van der Waals surface area (Å²) in [6.45, 7) is 5.77. The lowest BCUT2D eigenvalue weighted by molar-refractivity contribution is -0.124. The normalized spacial score (nSPS) is 12.0. The van der Waals surface area contributed by atoms with Gasteiger partial charge in [-0.15, -0.1) is 0 Å². The summed E-state index contributed by atoms with van der Waals surface area (Å²) in [5.74, 6) is -0.576. The van der Waals surface area contributed by atoms with Crippen LogP contribution in [0.4, 0.5) is 0 Å². The minimum atomic E-state index is -0.758. The van der Waals surface area contributed by atoms with E-state index in [9.17, 15) is 14.4 Å². The van der Waals surface area contributed by atoms with Crippen molar-refractivity contribution in [3.8, 4) is 5.69 Å². The first-order chi connectivity index (χ1) is 14.9. The Labute approximate surface area is 181 Å². The lowest BCUT2D eigenvalue weighted by Gasteiger charge is -2.15. The van der Waals surface area contributed by atoms with Gasteiger partial charge in [0.2, 0.25) is 0 Å². The molecule has 0 spiro atoms. The highest BCUT2D eigenvalue weighted by Gasteiger charge is 2.20. The number of ether oxygens (including phenoxy) is 1. The van der Waals surface area contributed by atoms with Gasteiger partial charge in [-0.2, -0.15) is 9.78 Å². The number of hydrogen-bond acceptors (Lipinski definition) is 5. The molecule has 0 saturated carbocycles. The number of aromatic nitrogens is 2. The van der Waals surface area contributed by atoms with Crippen LogP contribution in [-0.4, -0.2) is 34.3 Å². The highest BCUT2D eigenvalue weighted by atomic mass is 16.5. The van der Waals surface area contributed by atoms with Crippen LogP contribution < -0.4 is 10.9 Å². The van der Waals surface area contributed by atoms with Gasteiger partial charge in [-0.25, -0.2) is 4.79 Å². The maximum absolute atomic E-state index is 12.9. The lowest BCUT2D eigenvalue weighted by atomic mass is 10.0. The van der Waals surface area contributed by atoms with Crippen molar-refractivity contribution in [1.82, 2.24) is 15.1 Å². The Morgan fingerprint density at radius 2 is 1.61 bits per heavy atom. The van der Waals surface area contributed by atoms with Crippen molar-refractivity contribution in [2.45, 2.75) is 39.7 Å². The fourth-order valence-corrected chi connectivity index (χ4v) is 3.26. The standard InChI is InChI=1S/C24H27N3O4/c1-16(2)13-14-17(3)25-21(28)15-31-24(30)22-19-11-7-8-12-20(19)23(29)27(26-22)18-9-5-4-6-10-18/h4-12,16-17H,13-15H2,1-3H3,(H,25,28)/t17-/m0/s1. The molecule has 0 aliphatic heterocycles. The molecule has 3 rings (SSSR count). The maximum Gasteiger partial charge on any atom is 0.359 e. The second-order valence-corrected chi connectivity index (χ2v) is 7.96. The monoisotopic (exact) mass is 421 g/mol. The van der Waals surface area contributed by atoms with E-state index >= 15 is 0 Å². The molecular weight excluding hydrogens is 394 g/mol. The van der Waals surface area contributed by atoms with Gasteiger partial charge in [0.05, 0.1) is 11.1 Å². The van der Waals surface area contributed by atoms with Gasteiger partial charge in [-0.05, 0) is 43.9 Å². The van der Waals surface area contributed by atoms with Crippen LogP contribution >= 0.6 is 0 Å². The predicted octanol–water partition coefficient (Wildman–Crippen LogP) is 3.48. The number of nitrogens with one attached hydrogen (secondary N) is 1. The Morgan fingerprint density at radius 3 is 2.29 bits per heavy atom. The number of para-hydroxylation sites is 1. The molecule has 1 aromatic heterocycles. The molecule has 2 aromatic carbocycles. The number of fused-ring (bicyclic) bond motifs is 1. The third kappa shape index (κ3) is 5.57. The Bertz CT molecular complexity index is 1120. The van der Waals surface area contributed by atoms with Gasteiger partial charge in [0.1, 0.15) is 0 Å². The minimum Gasteiger partial charge on any atom is -0.451 e. The Hall–Kier alpha value is -3.48. The Balaban J connectivity index is 1.80. The van der Waals surface area contributed by atoms with Crippen LogP contribution in [0, 0.1) is 5.92 Å². The van der Waals surface area contributed by atoms with Crippen molar-refractivity contribution < 1.29 is 14.3 Å². The molecule has 0 unspecified atom stereocenters. The lowest BCUT2D eigenvalue weighted by Crippen LogP contribution is -2.36. The zero-order valence-corrected chi connectivity index (χ0v) is 18.0. The molecule has 0 aliphatic carbocycles. The van der Waals surface area contributed by atoms with Crippen LogP contribution in [0.3, 0.4) is 0 Å². The largest absolute Gasteiger partial charge is 0.451 e. The number of amides is 1. The smallest absolute Gasteiger partial charge is 0.359 e. The topological polar surface area (TPSA) is 90.3 Å². The molecule has 3 aromatic rings. The molecule has 162 valence electrons. The van der Waals surface area contributed by atoms with Crippen LogP contribution in [0.1, 0.15) is 44.1 Å². The molecule has 0 saturated heterocycles. The van der Waals surface area contributed by atoms with Gasteiger partial charge in [0.25, 0.3) is 11.5 Å². The van der Waals surface area contributed by atoms with Crippen molar-refractivity contribution in [3.05, 3.63) is 70.6 Å². The molecule has 7 nitrogen and oxygen atoms in total. The van der Waals surface area contributed by atoms with E-state index < -0.39 is 12.6 Å².